The summed E-state index contributed by atoms with van der Waals surface area (Å²) in [4.78, 5) is 26.3. The molecule has 0 spiro atoms. The normalized spacial score (nSPS) is 24.7. The molecule has 5 heteroatoms. The molecular formula is C18H20N2O3. The highest BCUT2D eigenvalue weighted by atomic mass is 16.5. The number of likely N-dealkylation sites (tertiary alicyclic amines) is 1. The van der Waals surface area contributed by atoms with Gasteiger partial charge >= 0.3 is 5.97 Å². The standard InChI is InChI=1S/C18H20N2O3/c1-23-18(22)16(13-10-6-3-7-11-13)20-15(14(19)17(20)21)12-8-4-2-5-9-12/h2-6,8-9,11,14-16H,7,10,19H2,1H3/t14-,15-,16+/m0/s1. The Labute approximate surface area is 135 Å². The van der Waals surface area contributed by atoms with E-state index in [0.717, 1.165) is 17.6 Å². The largest absolute Gasteiger partial charge is 0.467 e. The molecule has 120 valence electrons. The van der Waals surface area contributed by atoms with Crippen LogP contribution >= 0.6 is 0 Å². The molecule has 0 unspecified atom stereocenters. The van der Waals surface area contributed by atoms with Crippen LogP contribution in [-0.4, -0.2) is 36.0 Å². The molecule has 1 aliphatic heterocycles. The van der Waals surface area contributed by atoms with Crippen molar-refractivity contribution in [2.24, 2.45) is 5.73 Å². The highest BCUT2D eigenvalue weighted by Crippen LogP contribution is 2.38. The molecule has 5 nitrogen and oxygen atoms in total. The first-order valence-corrected chi connectivity index (χ1v) is 7.69. The van der Waals surface area contributed by atoms with Crippen LogP contribution in [-0.2, 0) is 14.3 Å². The topological polar surface area (TPSA) is 72.6 Å². The average molecular weight is 312 g/mol. The lowest BCUT2D eigenvalue weighted by Crippen LogP contribution is -2.67. The summed E-state index contributed by atoms with van der Waals surface area (Å²) < 4.78 is 4.95. The minimum Gasteiger partial charge on any atom is -0.467 e. The maximum Gasteiger partial charge on any atom is 0.332 e. The lowest BCUT2D eigenvalue weighted by atomic mass is 9.84. The smallest absolute Gasteiger partial charge is 0.332 e. The fourth-order valence-corrected chi connectivity index (χ4v) is 3.24. The Morgan fingerprint density at radius 1 is 1.30 bits per heavy atom. The molecule has 3 rings (SSSR count). The Hall–Kier alpha value is -2.40. The first kappa shape index (κ1) is 15.5. The van der Waals surface area contributed by atoms with E-state index in [1.807, 2.05) is 48.6 Å². The molecule has 1 aromatic rings. The molecule has 1 heterocycles. The molecule has 0 saturated carbocycles. The minimum absolute atomic E-state index is 0.218. The third kappa shape index (κ3) is 2.68. The Morgan fingerprint density at radius 3 is 2.65 bits per heavy atom. The van der Waals surface area contributed by atoms with Crippen LogP contribution in [0.2, 0.25) is 0 Å². The minimum atomic E-state index is -0.706. The summed E-state index contributed by atoms with van der Waals surface area (Å²) in [5, 5.41) is 0. The highest BCUT2D eigenvalue weighted by molar-refractivity contribution is 5.95. The highest BCUT2D eigenvalue weighted by Gasteiger charge is 2.52. The first-order chi connectivity index (χ1) is 11.1. The molecule has 1 amide bonds. The number of benzene rings is 1. The van der Waals surface area contributed by atoms with Crippen LogP contribution in [0, 0.1) is 0 Å². The van der Waals surface area contributed by atoms with Gasteiger partial charge < -0.3 is 15.4 Å². The summed E-state index contributed by atoms with van der Waals surface area (Å²) in [5.74, 6) is -0.641. The Balaban J connectivity index is 1.95. The second-order valence-electron chi connectivity index (χ2n) is 5.74. The van der Waals surface area contributed by atoms with E-state index >= 15 is 0 Å². The lowest BCUT2D eigenvalue weighted by molar-refractivity contribution is -0.164. The summed E-state index contributed by atoms with van der Waals surface area (Å²) in [6, 6.07) is 7.93. The number of nitrogens with two attached hydrogens (primary N) is 1. The van der Waals surface area contributed by atoms with Gasteiger partial charge in [-0.2, -0.15) is 0 Å². The maximum absolute atomic E-state index is 12.4. The van der Waals surface area contributed by atoms with Gasteiger partial charge in [-0.05, 0) is 24.0 Å². The van der Waals surface area contributed by atoms with Crippen molar-refractivity contribution in [3.63, 3.8) is 0 Å². The maximum atomic E-state index is 12.4. The van der Waals surface area contributed by atoms with Crippen molar-refractivity contribution in [1.29, 1.82) is 0 Å². The predicted octanol–water partition coefficient (Wildman–Crippen LogP) is 1.72. The molecule has 1 saturated heterocycles. The van der Waals surface area contributed by atoms with Crippen molar-refractivity contribution in [3.05, 3.63) is 59.7 Å². The van der Waals surface area contributed by atoms with E-state index in [-0.39, 0.29) is 11.9 Å². The van der Waals surface area contributed by atoms with Gasteiger partial charge in [0.25, 0.3) is 0 Å². The number of hydrogen-bond acceptors (Lipinski definition) is 4. The van der Waals surface area contributed by atoms with Gasteiger partial charge in [0.2, 0.25) is 5.91 Å². The van der Waals surface area contributed by atoms with Crippen LogP contribution in [0.5, 0.6) is 0 Å². The summed E-state index contributed by atoms with van der Waals surface area (Å²) in [5.41, 5.74) is 7.84. The van der Waals surface area contributed by atoms with Gasteiger partial charge in [0, 0.05) is 0 Å². The molecule has 1 fully saturated rings. The van der Waals surface area contributed by atoms with Crippen molar-refractivity contribution in [3.8, 4) is 0 Å². The van der Waals surface area contributed by atoms with E-state index in [9.17, 15) is 9.59 Å². The molecule has 0 aromatic heterocycles. The van der Waals surface area contributed by atoms with Gasteiger partial charge in [0.15, 0.2) is 6.04 Å². The van der Waals surface area contributed by atoms with Crippen molar-refractivity contribution in [2.75, 3.05) is 7.11 Å². The van der Waals surface area contributed by atoms with Gasteiger partial charge in [-0.25, -0.2) is 4.79 Å². The number of hydrogen-bond donors (Lipinski definition) is 1. The quantitative estimate of drug-likeness (QED) is 0.522. The van der Waals surface area contributed by atoms with Crippen molar-refractivity contribution >= 4 is 11.9 Å². The van der Waals surface area contributed by atoms with Crippen molar-refractivity contribution in [1.82, 2.24) is 4.90 Å². The zero-order valence-corrected chi connectivity index (χ0v) is 13.0. The summed E-state index contributed by atoms with van der Waals surface area (Å²) in [7, 11) is 1.34. The zero-order valence-electron chi connectivity index (χ0n) is 13.0. The SMILES string of the molecule is COC(=O)[C@@H](C1=CCC=CC1)N1C(=O)[C@@H](N)[C@@H]1c1ccccc1. The Kier molecular flexibility index (Phi) is 4.30. The Morgan fingerprint density at radius 2 is 2.04 bits per heavy atom. The number of β-lactam (4-membered cyclic amide) rings is 1. The van der Waals surface area contributed by atoms with E-state index in [1.54, 1.807) is 4.90 Å². The average Bonchev–Trinajstić information content (AvgIpc) is 2.62. The fourth-order valence-electron chi connectivity index (χ4n) is 3.24. The fraction of sp³-hybridized carbons (Fsp3) is 0.333. The molecule has 0 radical (unpaired) electrons. The molecule has 0 bridgehead atoms. The van der Waals surface area contributed by atoms with Crippen LogP contribution in [0.15, 0.2) is 54.1 Å². The summed E-state index contributed by atoms with van der Waals surface area (Å²) in [6.45, 7) is 0. The Bertz CT molecular complexity index is 666. The van der Waals surface area contributed by atoms with Gasteiger partial charge in [-0.15, -0.1) is 0 Å². The van der Waals surface area contributed by atoms with E-state index in [4.69, 9.17) is 10.5 Å². The number of carbonyl (C=O) groups excluding carboxylic acids is 2. The zero-order chi connectivity index (χ0) is 16.4. The van der Waals surface area contributed by atoms with E-state index in [0.29, 0.717) is 6.42 Å². The molecule has 3 atom stereocenters. The number of rotatable bonds is 4. The third-order valence-corrected chi connectivity index (χ3v) is 4.41. The van der Waals surface area contributed by atoms with E-state index in [1.165, 1.54) is 7.11 Å². The third-order valence-electron chi connectivity index (χ3n) is 4.41. The second-order valence-corrected chi connectivity index (χ2v) is 5.74. The number of carbonyl (C=O) groups is 2. The number of methoxy groups -OCH3 is 1. The van der Waals surface area contributed by atoms with Gasteiger partial charge in [0.05, 0.1) is 13.2 Å². The van der Waals surface area contributed by atoms with Crippen LogP contribution in [0.4, 0.5) is 0 Å². The number of allylic oxidation sites excluding steroid dienone is 3. The number of ether oxygens (including phenoxy) is 1. The molecule has 2 N–H and O–H groups in total. The van der Waals surface area contributed by atoms with Crippen molar-refractivity contribution < 1.29 is 14.3 Å². The number of nitrogens with zero attached hydrogens (tertiary/aromatic N) is 1. The van der Waals surface area contributed by atoms with Crippen LogP contribution in [0.1, 0.15) is 24.4 Å². The molecular weight excluding hydrogens is 292 g/mol. The lowest BCUT2D eigenvalue weighted by Gasteiger charge is -2.49. The van der Waals surface area contributed by atoms with Gasteiger partial charge in [-0.1, -0.05) is 48.6 Å². The molecule has 2 aliphatic rings. The van der Waals surface area contributed by atoms with Gasteiger partial charge in [-0.3, -0.25) is 4.79 Å². The monoisotopic (exact) mass is 312 g/mol. The number of esters is 1. The van der Waals surface area contributed by atoms with Crippen LogP contribution in [0.3, 0.4) is 0 Å². The van der Waals surface area contributed by atoms with E-state index in [2.05, 4.69) is 0 Å². The second kappa shape index (κ2) is 6.38. The summed E-state index contributed by atoms with van der Waals surface area (Å²) >= 11 is 0. The summed E-state index contributed by atoms with van der Waals surface area (Å²) in [6.07, 6.45) is 7.43. The molecule has 1 aromatic carbocycles. The van der Waals surface area contributed by atoms with E-state index < -0.39 is 18.1 Å². The number of amides is 1. The molecule has 23 heavy (non-hydrogen) atoms. The first-order valence-electron chi connectivity index (χ1n) is 7.69. The van der Waals surface area contributed by atoms with Crippen molar-refractivity contribution in [2.45, 2.75) is 31.0 Å². The van der Waals surface area contributed by atoms with Gasteiger partial charge in [0.1, 0.15) is 6.04 Å². The molecule has 1 aliphatic carbocycles. The van der Waals surface area contributed by atoms with Crippen LogP contribution in [0.25, 0.3) is 0 Å². The predicted molar refractivity (Wildman–Crippen MR) is 86.3 cm³/mol. The van der Waals surface area contributed by atoms with Crippen LogP contribution < -0.4 is 5.73 Å².